The van der Waals surface area contributed by atoms with Crippen molar-refractivity contribution in [1.29, 1.82) is 0 Å². The van der Waals surface area contributed by atoms with Crippen LogP contribution in [0.15, 0.2) is 12.1 Å². The Hall–Kier alpha value is -2.68. The number of nitrogens with zero attached hydrogens (tertiary/aromatic N) is 1. The fraction of sp³-hybridized carbons (Fsp3) is 0.692. The van der Waals surface area contributed by atoms with Gasteiger partial charge in [-0.3, -0.25) is 14.4 Å². The molecule has 1 amide bonds. The molecule has 0 bridgehead atoms. The van der Waals surface area contributed by atoms with Crippen LogP contribution in [0.5, 0.6) is 5.88 Å². The number of aromatic nitrogens is 1. The van der Waals surface area contributed by atoms with Gasteiger partial charge < -0.3 is 24.8 Å². The van der Waals surface area contributed by atoms with E-state index >= 15 is 0 Å². The molecule has 194 valence electrons. The van der Waals surface area contributed by atoms with Crippen molar-refractivity contribution in [1.82, 2.24) is 15.6 Å². The lowest BCUT2D eigenvalue weighted by atomic mass is 9.85. The number of amides is 1. The van der Waals surface area contributed by atoms with Crippen molar-refractivity contribution in [2.75, 3.05) is 26.8 Å². The van der Waals surface area contributed by atoms with E-state index < -0.39 is 5.54 Å². The van der Waals surface area contributed by atoms with E-state index in [0.29, 0.717) is 49.3 Å². The van der Waals surface area contributed by atoms with Crippen LogP contribution in [0.25, 0.3) is 0 Å². The first-order chi connectivity index (χ1) is 16.6. The van der Waals surface area contributed by atoms with Gasteiger partial charge in [0.2, 0.25) is 5.88 Å². The molecule has 0 radical (unpaired) electrons. The molecule has 2 saturated carbocycles. The molecule has 2 heterocycles. The van der Waals surface area contributed by atoms with Gasteiger partial charge in [-0.25, -0.2) is 4.98 Å². The second-order valence-corrected chi connectivity index (χ2v) is 10.7. The van der Waals surface area contributed by atoms with Crippen molar-refractivity contribution in [2.45, 2.75) is 82.8 Å². The highest BCUT2D eigenvalue weighted by Crippen LogP contribution is 2.44. The average molecular weight is 490 g/mol. The number of hydrogen-bond donors (Lipinski definition) is 2. The van der Waals surface area contributed by atoms with Crippen LogP contribution in [0.3, 0.4) is 0 Å². The van der Waals surface area contributed by atoms with Crippen LogP contribution < -0.4 is 15.4 Å². The first kappa shape index (κ1) is 26.9. The largest absolute Gasteiger partial charge is 0.477 e. The lowest BCUT2D eigenvalue weighted by molar-refractivity contribution is -0.142. The summed E-state index contributed by atoms with van der Waals surface area (Å²) in [4.78, 5) is 39.1. The maximum Gasteiger partial charge on any atom is 0.307 e. The number of ether oxygens (including phenoxy) is 3. The van der Waals surface area contributed by atoms with Crippen LogP contribution in [0.4, 0.5) is 0 Å². The number of carbonyl (C=O) groups is 3. The van der Waals surface area contributed by atoms with Crippen molar-refractivity contribution in [3.8, 4) is 5.88 Å². The van der Waals surface area contributed by atoms with Gasteiger partial charge in [0.15, 0.2) is 0 Å². The second kappa shape index (κ2) is 11.8. The second-order valence-electron chi connectivity index (χ2n) is 10.7. The van der Waals surface area contributed by atoms with E-state index in [9.17, 15) is 14.4 Å². The van der Waals surface area contributed by atoms with E-state index in [1.54, 1.807) is 6.07 Å². The maximum absolute atomic E-state index is 13.0. The zero-order valence-electron chi connectivity index (χ0n) is 21.4. The van der Waals surface area contributed by atoms with Crippen molar-refractivity contribution in [3.63, 3.8) is 0 Å². The van der Waals surface area contributed by atoms with E-state index in [2.05, 4.69) is 20.4 Å². The van der Waals surface area contributed by atoms with Crippen molar-refractivity contribution >= 4 is 18.3 Å². The van der Waals surface area contributed by atoms with Gasteiger partial charge in [-0.2, -0.15) is 0 Å². The number of piperidine rings is 1. The first-order valence-electron chi connectivity index (χ1n) is 12.5. The minimum atomic E-state index is -0.596. The zero-order chi connectivity index (χ0) is 25.5. The number of rotatable bonds is 9. The fourth-order valence-corrected chi connectivity index (χ4v) is 3.93. The maximum atomic E-state index is 13.0. The van der Waals surface area contributed by atoms with Crippen LogP contribution >= 0.6 is 0 Å². The standard InChI is InChI=1S/C21H29N3O4.C5H10O2/c1-27-18(25)12-21(8-10-22-11-9-21)24-19(26)17-7-6-16(15-4-5-15)20(23-17)28-13-14-2-3-14;1-5(2,3)7-4-6/h6-7,14-15,22H,2-5,8-13H2,1H3,(H,24,26);4H,1-3H3. The highest BCUT2D eigenvalue weighted by Gasteiger charge is 2.37. The van der Waals surface area contributed by atoms with Crippen molar-refractivity contribution in [3.05, 3.63) is 23.4 Å². The number of hydrogen-bond acceptors (Lipinski definition) is 8. The molecule has 0 spiro atoms. The third-order valence-electron chi connectivity index (χ3n) is 6.34. The van der Waals surface area contributed by atoms with Crippen LogP contribution in [-0.2, 0) is 19.1 Å². The molecule has 2 N–H and O–H groups in total. The van der Waals surface area contributed by atoms with E-state index in [0.717, 1.165) is 31.5 Å². The topological polar surface area (TPSA) is 116 Å². The Morgan fingerprint density at radius 2 is 1.86 bits per heavy atom. The summed E-state index contributed by atoms with van der Waals surface area (Å²) in [5.74, 6) is 1.17. The van der Waals surface area contributed by atoms with E-state index in [4.69, 9.17) is 9.47 Å². The van der Waals surface area contributed by atoms with Crippen molar-refractivity contribution < 1.29 is 28.6 Å². The number of esters is 1. The molecule has 1 aromatic heterocycles. The van der Waals surface area contributed by atoms with Gasteiger partial charge >= 0.3 is 5.97 Å². The normalized spacial score (nSPS) is 19.0. The van der Waals surface area contributed by atoms with Crippen LogP contribution in [0, 0.1) is 5.92 Å². The lowest BCUT2D eigenvalue weighted by Gasteiger charge is -2.37. The summed E-state index contributed by atoms with van der Waals surface area (Å²) in [6.45, 7) is 8.10. The summed E-state index contributed by atoms with van der Waals surface area (Å²) in [5.41, 5.74) is 0.546. The lowest BCUT2D eigenvalue weighted by Crippen LogP contribution is -2.55. The number of nitrogens with one attached hydrogen (secondary N) is 2. The predicted octanol–water partition coefficient (Wildman–Crippen LogP) is 3.12. The molecule has 4 rings (SSSR count). The van der Waals surface area contributed by atoms with Crippen LogP contribution in [-0.4, -0.2) is 61.3 Å². The van der Waals surface area contributed by atoms with E-state index in [1.807, 2.05) is 26.8 Å². The summed E-state index contributed by atoms with van der Waals surface area (Å²) in [6, 6.07) is 3.76. The smallest absolute Gasteiger partial charge is 0.307 e. The van der Waals surface area contributed by atoms with Crippen LogP contribution in [0.1, 0.15) is 87.7 Å². The molecule has 9 heteroatoms. The van der Waals surface area contributed by atoms with Gasteiger partial charge in [0.05, 0.1) is 25.7 Å². The third-order valence-corrected chi connectivity index (χ3v) is 6.34. The third kappa shape index (κ3) is 8.80. The molecule has 2 aliphatic carbocycles. The minimum absolute atomic E-state index is 0.169. The Morgan fingerprint density at radius 1 is 1.17 bits per heavy atom. The zero-order valence-corrected chi connectivity index (χ0v) is 21.4. The fourth-order valence-electron chi connectivity index (χ4n) is 3.93. The van der Waals surface area contributed by atoms with E-state index in [-0.39, 0.29) is 23.9 Å². The van der Waals surface area contributed by atoms with Crippen LogP contribution in [0.2, 0.25) is 0 Å². The highest BCUT2D eigenvalue weighted by atomic mass is 16.5. The number of pyridine rings is 1. The molecule has 0 atom stereocenters. The number of carbonyl (C=O) groups excluding carboxylic acids is 3. The Balaban J connectivity index is 0.000000429. The van der Waals surface area contributed by atoms with Gasteiger partial charge in [0.25, 0.3) is 12.4 Å². The average Bonchev–Trinajstić information content (AvgIpc) is 3.72. The Labute approximate surface area is 207 Å². The molecule has 1 saturated heterocycles. The molecule has 0 aromatic carbocycles. The predicted molar refractivity (Wildman–Crippen MR) is 130 cm³/mol. The summed E-state index contributed by atoms with van der Waals surface area (Å²) < 4.78 is 15.4. The monoisotopic (exact) mass is 489 g/mol. The molecule has 3 aliphatic rings. The van der Waals surface area contributed by atoms with E-state index in [1.165, 1.54) is 20.0 Å². The van der Waals surface area contributed by atoms with Gasteiger partial charge in [0.1, 0.15) is 11.3 Å². The molecule has 9 nitrogen and oxygen atoms in total. The Kier molecular flexibility index (Phi) is 9.10. The molecule has 0 unspecified atom stereocenters. The number of methoxy groups -OCH3 is 1. The molecule has 35 heavy (non-hydrogen) atoms. The van der Waals surface area contributed by atoms with Crippen molar-refractivity contribution in [2.24, 2.45) is 5.92 Å². The molecular weight excluding hydrogens is 450 g/mol. The molecular formula is C26H39N3O6. The molecule has 1 aliphatic heterocycles. The quantitative estimate of drug-likeness (QED) is 0.402. The summed E-state index contributed by atoms with van der Waals surface area (Å²) in [6.07, 6.45) is 6.26. The molecule has 3 fully saturated rings. The highest BCUT2D eigenvalue weighted by molar-refractivity contribution is 5.93. The Morgan fingerprint density at radius 3 is 2.37 bits per heavy atom. The SMILES string of the molecule is CC(C)(C)OC=O.COC(=O)CC1(NC(=O)c2ccc(C3CC3)c(OCC3CC3)n2)CCNCC1. The van der Waals surface area contributed by atoms with Gasteiger partial charge in [-0.05, 0) is 90.3 Å². The minimum Gasteiger partial charge on any atom is -0.477 e. The summed E-state index contributed by atoms with van der Waals surface area (Å²) >= 11 is 0. The van der Waals surface area contributed by atoms with Gasteiger partial charge in [0, 0.05) is 5.56 Å². The summed E-state index contributed by atoms with van der Waals surface area (Å²) in [5, 5.41) is 6.36. The first-order valence-corrected chi connectivity index (χ1v) is 12.5. The van der Waals surface area contributed by atoms with Gasteiger partial charge in [-0.15, -0.1) is 0 Å². The Bertz CT molecular complexity index is 884. The summed E-state index contributed by atoms with van der Waals surface area (Å²) in [7, 11) is 1.38. The molecule has 1 aromatic rings. The van der Waals surface area contributed by atoms with Gasteiger partial charge in [-0.1, -0.05) is 6.07 Å².